The molecule has 1 aliphatic rings. The lowest BCUT2D eigenvalue weighted by Gasteiger charge is -2.22. The van der Waals surface area contributed by atoms with Crippen molar-refractivity contribution in [3.05, 3.63) is 0 Å². The molecule has 0 bridgehead atoms. The van der Waals surface area contributed by atoms with Crippen LogP contribution in [0, 0.1) is 5.92 Å². The molecule has 78 valence electrons. The quantitative estimate of drug-likeness (QED) is 0.713. The van der Waals surface area contributed by atoms with Gasteiger partial charge in [-0.2, -0.15) is 0 Å². The van der Waals surface area contributed by atoms with Gasteiger partial charge in [-0.3, -0.25) is 0 Å². The van der Waals surface area contributed by atoms with Crippen molar-refractivity contribution in [3.8, 4) is 0 Å². The van der Waals surface area contributed by atoms with Crippen molar-refractivity contribution in [1.29, 1.82) is 0 Å². The molecule has 0 aromatic rings. The summed E-state index contributed by atoms with van der Waals surface area (Å²) >= 11 is 0. The van der Waals surface area contributed by atoms with E-state index in [1.165, 1.54) is 32.1 Å². The fourth-order valence-corrected chi connectivity index (χ4v) is 1.86. The first-order chi connectivity index (χ1) is 6.33. The zero-order valence-corrected chi connectivity index (χ0v) is 8.80. The fourth-order valence-electron chi connectivity index (χ4n) is 1.86. The minimum Gasteiger partial charge on any atom is -0.380 e. The number of rotatable bonds is 5. The standard InChI is InChI=1S/C11H23NO/c1-2-11(12)9-13-8-10-6-4-3-5-7-10/h10-11H,2-9,12H2,1H3. The molecule has 0 saturated heterocycles. The van der Waals surface area contributed by atoms with Gasteiger partial charge >= 0.3 is 0 Å². The minimum absolute atomic E-state index is 0.239. The van der Waals surface area contributed by atoms with Crippen molar-refractivity contribution in [2.75, 3.05) is 13.2 Å². The van der Waals surface area contributed by atoms with E-state index in [0.29, 0.717) is 0 Å². The Balaban J connectivity index is 1.98. The monoisotopic (exact) mass is 185 g/mol. The first-order valence-electron chi connectivity index (χ1n) is 5.66. The van der Waals surface area contributed by atoms with Crippen LogP contribution in [0.15, 0.2) is 0 Å². The van der Waals surface area contributed by atoms with E-state index in [2.05, 4.69) is 6.92 Å². The van der Waals surface area contributed by atoms with Crippen LogP contribution in [0.3, 0.4) is 0 Å². The highest BCUT2D eigenvalue weighted by Crippen LogP contribution is 2.23. The van der Waals surface area contributed by atoms with Crippen LogP contribution in [0.2, 0.25) is 0 Å². The molecule has 0 spiro atoms. The Bertz CT molecular complexity index is 121. The van der Waals surface area contributed by atoms with Gasteiger partial charge in [-0.05, 0) is 25.2 Å². The van der Waals surface area contributed by atoms with Crippen LogP contribution < -0.4 is 5.73 Å². The largest absolute Gasteiger partial charge is 0.380 e. The molecule has 0 radical (unpaired) electrons. The smallest absolute Gasteiger partial charge is 0.0617 e. The van der Waals surface area contributed by atoms with Gasteiger partial charge in [-0.25, -0.2) is 0 Å². The van der Waals surface area contributed by atoms with Gasteiger partial charge in [0, 0.05) is 12.6 Å². The van der Waals surface area contributed by atoms with E-state index in [1.54, 1.807) is 0 Å². The molecule has 0 amide bonds. The summed E-state index contributed by atoms with van der Waals surface area (Å²) < 4.78 is 5.60. The summed E-state index contributed by atoms with van der Waals surface area (Å²) in [7, 11) is 0. The first kappa shape index (κ1) is 11.0. The molecular weight excluding hydrogens is 162 g/mol. The summed E-state index contributed by atoms with van der Waals surface area (Å²) in [5.74, 6) is 0.817. The second-order valence-electron chi connectivity index (χ2n) is 4.21. The Morgan fingerprint density at radius 2 is 2.00 bits per heavy atom. The second-order valence-corrected chi connectivity index (χ2v) is 4.21. The maximum Gasteiger partial charge on any atom is 0.0617 e. The van der Waals surface area contributed by atoms with E-state index in [0.717, 1.165) is 25.6 Å². The van der Waals surface area contributed by atoms with Crippen LogP contribution >= 0.6 is 0 Å². The lowest BCUT2D eigenvalue weighted by atomic mass is 9.90. The van der Waals surface area contributed by atoms with E-state index in [1.807, 2.05) is 0 Å². The molecule has 1 aliphatic carbocycles. The summed E-state index contributed by atoms with van der Waals surface area (Å²) in [5.41, 5.74) is 5.76. The average molecular weight is 185 g/mol. The molecule has 0 aliphatic heterocycles. The molecule has 13 heavy (non-hydrogen) atoms. The molecule has 0 aromatic carbocycles. The summed E-state index contributed by atoms with van der Waals surface area (Å²) in [6, 6.07) is 0.239. The van der Waals surface area contributed by atoms with Crippen molar-refractivity contribution in [2.45, 2.75) is 51.5 Å². The SMILES string of the molecule is CCC(N)COCC1CCCCC1. The summed E-state index contributed by atoms with van der Waals surface area (Å²) in [6.45, 7) is 3.79. The lowest BCUT2D eigenvalue weighted by Crippen LogP contribution is -2.26. The Morgan fingerprint density at radius 1 is 1.31 bits per heavy atom. The van der Waals surface area contributed by atoms with Crippen molar-refractivity contribution >= 4 is 0 Å². The average Bonchev–Trinajstić information content (AvgIpc) is 2.19. The van der Waals surface area contributed by atoms with Crippen LogP contribution in [-0.2, 0) is 4.74 Å². The molecule has 2 nitrogen and oxygen atoms in total. The Morgan fingerprint density at radius 3 is 2.62 bits per heavy atom. The van der Waals surface area contributed by atoms with Crippen molar-refractivity contribution in [2.24, 2.45) is 11.7 Å². The highest BCUT2D eigenvalue weighted by molar-refractivity contribution is 4.65. The molecule has 0 aromatic heterocycles. The molecule has 1 unspecified atom stereocenters. The van der Waals surface area contributed by atoms with Gasteiger partial charge in [0.1, 0.15) is 0 Å². The van der Waals surface area contributed by atoms with Crippen LogP contribution in [0.1, 0.15) is 45.4 Å². The normalized spacial score (nSPS) is 21.7. The van der Waals surface area contributed by atoms with Crippen molar-refractivity contribution < 1.29 is 4.74 Å². The number of ether oxygens (including phenoxy) is 1. The first-order valence-corrected chi connectivity index (χ1v) is 5.66. The minimum atomic E-state index is 0.239. The predicted octanol–water partition coefficient (Wildman–Crippen LogP) is 2.32. The molecule has 2 heteroatoms. The van der Waals surface area contributed by atoms with E-state index in [4.69, 9.17) is 10.5 Å². The Hall–Kier alpha value is -0.0800. The molecule has 0 heterocycles. The number of nitrogens with two attached hydrogens (primary N) is 1. The topological polar surface area (TPSA) is 35.2 Å². The fraction of sp³-hybridized carbons (Fsp3) is 1.00. The maximum atomic E-state index is 5.76. The van der Waals surface area contributed by atoms with E-state index >= 15 is 0 Å². The Labute approximate surface area is 81.8 Å². The van der Waals surface area contributed by atoms with Gasteiger partial charge < -0.3 is 10.5 Å². The summed E-state index contributed by atoms with van der Waals surface area (Å²) in [6.07, 6.45) is 7.96. The van der Waals surface area contributed by atoms with E-state index in [9.17, 15) is 0 Å². The van der Waals surface area contributed by atoms with Gasteiger partial charge in [-0.15, -0.1) is 0 Å². The van der Waals surface area contributed by atoms with Crippen molar-refractivity contribution in [1.82, 2.24) is 0 Å². The molecule has 1 rings (SSSR count). The molecule has 1 fully saturated rings. The van der Waals surface area contributed by atoms with Crippen LogP contribution in [0.4, 0.5) is 0 Å². The zero-order chi connectivity index (χ0) is 9.52. The second kappa shape index (κ2) is 6.39. The van der Waals surface area contributed by atoms with E-state index < -0.39 is 0 Å². The molecule has 1 atom stereocenters. The van der Waals surface area contributed by atoms with Gasteiger partial charge in [0.2, 0.25) is 0 Å². The molecule has 2 N–H and O–H groups in total. The Kier molecular flexibility index (Phi) is 5.40. The van der Waals surface area contributed by atoms with Gasteiger partial charge in [0.15, 0.2) is 0 Å². The third kappa shape index (κ3) is 4.63. The number of hydrogen-bond acceptors (Lipinski definition) is 2. The van der Waals surface area contributed by atoms with Gasteiger partial charge in [0.05, 0.1) is 6.61 Å². The molecule has 1 saturated carbocycles. The third-order valence-corrected chi connectivity index (χ3v) is 2.93. The summed E-state index contributed by atoms with van der Waals surface area (Å²) in [5, 5.41) is 0. The zero-order valence-electron chi connectivity index (χ0n) is 8.80. The number of hydrogen-bond donors (Lipinski definition) is 1. The van der Waals surface area contributed by atoms with Crippen LogP contribution in [0.25, 0.3) is 0 Å². The van der Waals surface area contributed by atoms with Crippen molar-refractivity contribution in [3.63, 3.8) is 0 Å². The van der Waals surface area contributed by atoms with Gasteiger partial charge in [-0.1, -0.05) is 26.2 Å². The van der Waals surface area contributed by atoms with E-state index in [-0.39, 0.29) is 6.04 Å². The highest BCUT2D eigenvalue weighted by atomic mass is 16.5. The third-order valence-electron chi connectivity index (χ3n) is 2.93. The molecular formula is C11H23NO. The van der Waals surface area contributed by atoms with Gasteiger partial charge in [0.25, 0.3) is 0 Å². The lowest BCUT2D eigenvalue weighted by molar-refractivity contribution is 0.0754. The van der Waals surface area contributed by atoms with Crippen LogP contribution in [-0.4, -0.2) is 19.3 Å². The summed E-state index contributed by atoms with van der Waals surface area (Å²) in [4.78, 5) is 0. The maximum absolute atomic E-state index is 5.76. The van der Waals surface area contributed by atoms with Crippen LogP contribution in [0.5, 0.6) is 0 Å². The predicted molar refractivity (Wildman–Crippen MR) is 55.7 cm³/mol. The highest BCUT2D eigenvalue weighted by Gasteiger charge is 2.13.